The predicted molar refractivity (Wildman–Crippen MR) is 89.4 cm³/mol. The second-order valence-corrected chi connectivity index (χ2v) is 7.16. The molecule has 5 nitrogen and oxygen atoms in total. The van der Waals surface area contributed by atoms with Gasteiger partial charge in [-0.2, -0.15) is 0 Å². The highest BCUT2D eigenvalue weighted by molar-refractivity contribution is 8.00. The highest BCUT2D eigenvalue weighted by Gasteiger charge is 2.10. The van der Waals surface area contributed by atoms with Crippen LogP contribution in [-0.4, -0.2) is 26.7 Å². The molecule has 8 heteroatoms. The molecule has 0 spiro atoms. The number of rotatable bonds is 6. The Morgan fingerprint density at radius 2 is 2.27 bits per heavy atom. The summed E-state index contributed by atoms with van der Waals surface area (Å²) in [6, 6.07) is 1.97. The number of hydrogen-bond donors (Lipinski definition) is 0. The minimum Gasteiger partial charge on any atom is -0.459 e. The zero-order chi connectivity index (χ0) is 15.4. The number of hydrogen-bond acceptors (Lipinski definition) is 8. The van der Waals surface area contributed by atoms with Crippen LogP contribution in [0.4, 0.5) is 0 Å². The molecule has 0 saturated heterocycles. The van der Waals surface area contributed by atoms with E-state index in [9.17, 15) is 4.79 Å². The molecule has 0 aliphatic rings. The van der Waals surface area contributed by atoms with E-state index in [1.165, 1.54) is 18.1 Å². The summed E-state index contributed by atoms with van der Waals surface area (Å²) in [4.78, 5) is 25.5. The van der Waals surface area contributed by atoms with Crippen molar-refractivity contribution in [3.8, 4) is 0 Å². The number of ether oxygens (including phenoxy) is 1. The monoisotopic (exact) mass is 351 g/mol. The number of thioether (sulfide) groups is 1. The maximum absolute atomic E-state index is 11.8. The highest BCUT2D eigenvalue weighted by atomic mass is 32.2. The Labute approximate surface area is 139 Å². The fourth-order valence-electron chi connectivity index (χ4n) is 1.78. The first-order valence-corrected chi connectivity index (χ1v) is 9.40. The van der Waals surface area contributed by atoms with Gasteiger partial charge in [0.15, 0.2) is 0 Å². The molecule has 3 aromatic heterocycles. The molecule has 3 rings (SSSR count). The number of carbonyl (C=O) groups is 1. The Balaban J connectivity index is 1.53. The summed E-state index contributed by atoms with van der Waals surface area (Å²) < 4.78 is 5.24. The largest absolute Gasteiger partial charge is 0.459 e. The molecule has 0 atom stereocenters. The van der Waals surface area contributed by atoms with Crippen LogP contribution in [0.1, 0.15) is 17.6 Å². The van der Waals surface area contributed by atoms with E-state index in [-0.39, 0.29) is 18.3 Å². The number of thiazole rings is 1. The van der Waals surface area contributed by atoms with Gasteiger partial charge in [0.2, 0.25) is 0 Å². The van der Waals surface area contributed by atoms with Crippen LogP contribution >= 0.6 is 34.4 Å². The van der Waals surface area contributed by atoms with Crippen LogP contribution in [0.2, 0.25) is 0 Å². The number of esters is 1. The number of carbonyl (C=O) groups excluding carboxylic acids is 1. The molecule has 0 aliphatic carbocycles. The minimum absolute atomic E-state index is 0.229. The SMILES string of the molecule is CCc1nc(COC(=O)CSc2ncnc3sccc23)cs1. The third kappa shape index (κ3) is 3.63. The number of nitrogens with zero attached hydrogens (tertiary/aromatic N) is 3. The Bertz CT molecular complexity index is 784. The van der Waals surface area contributed by atoms with Crippen LogP contribution in [0.25, 0.3) is 10.2 Å². The van der Waals surface area contributed by atoms with Gasteiger partial charge < -0.3 is 4.74 Å². The normalized spacial score (nSPS) is 11.0. The lowest BCUT2D eigenvalue weighted by molar-refractivity contribution is -0.141. The zero-order valence-electron chi connectivity index (χ0n) is 11.8. The van der Waals surface area contributed by atoms with E-state index in [2.05, 4.69) is 21.9 Å². The van der Waals surface area contributed by atoms with Gasteiger partial charge in [0.1, 0.15) is 22.8 Å². The van der Waals surface area contributed by atoms with Crippen molar-refractivity contribution in [2.75, 3.05) is 5.75 Å². The Morgan fingerprint density at radius 3 is 3.09 bits per heavy atom. The van der Waals surface area contributed by atoms with Crippen molar-refractivity contribution >= 4 is 50.6 Å². The molecule has 3 heterocycles. The molecule has 0 aliphatic heterocycles. The molecular formula is C14H13N3O2S3. The molecule has 22 heavy (non-hydrogen) atoms. The van der Waals surface area contributed by atoms with Gasteiger partial charge in [0.25, 0.3) is 0 Å². The highest BCUT2D eigenvalue weighted by Crippen LogP contribution is 2.27. The first-order valence-electron chi connectivity index (χ1n) is 6.66. The smallest absolute Gasteiger partial charge is 0.316 e. The van der Waals surface area contributed by atoms with Gasteiger partial charge in [-0.15, -0.1) is 22.7 Å². The van der Waals surface area contributed by atoms with E-state index in [0.717, 1.165) is 32.4 Å². The summed E-state index contributed by atoms with van der Waals surface area (Å²) >= 11 is 4.52. The molecule has 0 amide bonds. The zero-order valence-corrected chi connectivity index (χ0v) is 14.3. The molecule has 3 aromatic rings. The van der Waals surface area contributed by atoms with Gasteiger partial charge in [-0.1, -0.05) is 18.7 Å². The average molecular weight is 351 g/mol. The number of fused-ring (bicyclic) bond motifs is 1. The van der Waals surface area contributed by atoms with Crippen LogP contribution in [0.3, 0.4) is 0 Å². The van der Waals surface area contributed by atoms with Crippen LogP contribution in [-0.2, 0) is 22.6 Å². The van der Waals surface area contributed by atoms with E-state index < -0.39 is 0 Å². The van der Waals surface area contributed by atoms with Crippen LogP contribution in [0.15, 0.2) is 28.2 Å². The average Bonchev–Trinajstić information content (AvgIpc) is 3.19. The van der Waals surface area contributed by atoms with Crippen molar-refractivity contribution in [2.24, 2.45) is 0 Å². The van der Waals surface area contributed by atoms with Crippen molar-refractivity contribution in [1.82, 2.24) is 15.0 Å². The summed E-state index contributed by atoms with van der Waals surface area (Å²) in [5, 5.41) is 6.75. The second kappa shape index (κ2) is 7.17. The van der Waals surface area contributed by atoms with E-state index in [1.807, 2.05) is 16.8 Å². The quantitative estimate of drug-likeness (QED) is 0.384. The second-order valence-electron chi connectivity index (χ2n) is 4.35. The summed E-state index contributed by atoms with van der Waals surface area (Å²) in [7, 11) is 0. The third-order valence-electron chi connectivity index (χ3n) is 2.83. The van der Waals surface area contributed by atoms with Gasteiger partial charge in [-0.25, -0.2) is 15.0 Å². The van der Waals surface area contributed by atoms with E-state index in [1.54, 1.807) is 22.7 Å². The van der Waals surface area contributed by atoms with Crippen molar-refractivity contribution in [3.05, 3.63) is 33.9 Å². The maximum Gasteiger partial charge on any atom is 0.316 e. The van der Waals surface area contributed by atoms with Crippen molar-refractivity contribution < 1.29 is 9.53 Å². The minimum atomic E-state index is -0.266. The summed E-state index contributed by atoms with van der Waals surface area (Å²) in [5.74, 6) is -0.0368. The fraction of sp³-hybridized carbons (Fsp3) is 0.286. The Kier molecular flexibility index (Phi) is 5.01. The van der Waals surface area contributed by atoms with Crippen molar-refractivity contribution in [1.29, 1.82) is 0 Å². The number of aromatic nitrogens is 3. The summed E-state index contributed by atoms with van der Waals surface area (Å²) in [6.45, 7) is 2.28. The molecular weight excluding hydrogens is 338 g/mol. The predicted octanol–water partition coefficient (Wildman–Crippen LogP) is 3.55. The molecule has 0 N–H and O–H groups in total. The van der Waals surface area contributed by atoms with E-state index in [4.69, 9.17) is 4.74 Å². The maximum atomic E-state index is 11.8. The van der Waals surface area contributed by atoms with Gasteiger partial charge in [0, 0.05) is 10.8 Å². The topological polar surface area (TPSA) is 65.0 Å². The van der Waals surface area contributed by atoms with Crippen LogP contribution in [0, 0.1) is 0 Å². The lowest BCUT2D eigenvalue weighted by atomic mass is 10.4. The fourth-order valence-corrected chi connectivity index (χ4v) is 4.09. The molecule has 0 unspecified atom stereocenters. The van der Waals surface area contributed by atoms with Crippen molar-refractivity contribution in [3.63, 3.8) is 0 Å². The molecule has 0 bridgehead atoms. The van der Waals surface area contributed by atoms with Gasteiger partial charge >= 0.3 is 5.97 Å². The van der Waals surface area contributed by atoms with Crippen molar-refractivity contribution in [2.45, 2.75) is 25.0 Å². The molecule has 0 radical (unpaired) electrons. The van der Waals surface area contributed by atoms with Crippen LogP contribution < -0.4 is 0 Å². The molecule has 114 valence electrons. The standard InChI is InChI=1S/C14H13N3O2S3/c1-2-11-17-9(6-21-11)5-19-12(18)7-22-14-10-3-4-20-13(10)15-8-16-14/h3-4,6,8H,2,5,7H2,1H3. The lowest BCUT2D eigenvalue weighted by Crippen LogP contribution is -2.07. The molecule has 0 aromatic carbocycles. The summed E-state index contributed by atoms with van der Waals surface area (Å²) in [6.07, 6.45) is 2.42. The third-order valence-corrected chi connectivity index (χ3v) is 5.68. The van der Waals surface area contributed by atoms with E-state index >= 15 is 0 Å². The van der Waals surface area contributed by atoms with Gasteiger partial charge in [0.05, 0.1) is 16.5 Å². The Morgan fingerprint density at radius 1 is 1.36 bits per heavy atom. The van der Waals surface area contributed by atoms with Crippen LogP contribution in [0.5, 0.6) is 0 Å². The first-order chi connectivity index (χ1) is 10.8. The molecule has 0 saturated carbocycles. The summed E-state index contributed by atoms with van der Waals surface area (Å²) in [5.41, 5.74) is 0.808. The van der Waals surface area contributed by atoms with E-state index in [0.29, 0.717) is 0 Å². The Hall–Kier alpha value is -1.51. The first kappa shape index (κ1) is 15.4. The van der Waals surface area contributed by atoms with Gasteiger partial charge in [-0.3, -0.25) is 4.79 Å². The van der Waals surface area contributed by atoms with Gasteiger partial charge in [-0.05, 0) is 17.9 Å². The lowest BCUT2D eigenvalue weighted by Gasteiger charge is -2.03. The molecule has 0 fully saturated rings. The number of aryl methyl sites for hydroxylation is 1. The number of thiophene rings is 1.